The second-order valence-corrected chi connectivity index (χ2v) is 7.45. The third kappa shape index (κ3) is 5.03. The second-order valence-electron chi connectivity index (χ2n) is 7.45. The zero-order valence-electron chi connectivity index (χ0n) is 17.6. The first-order chi connectivity index (χ1) is 16.4. The molecule has 0 fully saturated rings. The van der Waals surface area contributed by atoms with Gasteiger partial charge in [0, 0.05) is 22.9 Å². The summed E-state index contributed by atoms with van der Waals surface area (Å²) in [6.45, 7) is -0.559. The quantitative estimate of drug-likeness (QED) is 0.307. The molecule has 0 bridgehead atoms. The van der Waals surface area contributed by atoms with E-state index in [0.717, 1.165) is 12.1 Å². The Bertz CT molecular complexity index is 1330. The van der Waals surface area contributed by atoms with Gasteiger partial charge in [-0.1, -0.05) is 12.1 Å². The number of aliphatic hydroxyl groups excluding tert-OH is 2. The number of carbonyl (C=O) groups excluding carboxylic acids is 1. The average Bonchev–Trinajstić information content (AvgIpc) is 3.26. The summed E-state index contributed by atoms with van der Waals surface area (Å²) in [4.78, 5) is 20.2. The van der Waals surface area contributed by atoms with E-state index in [1.54, 1.807) is 42.5 Å². The minimum atomic E-state index is -2.91. The molecule has 1 amide bonds. The molecular formula is C24H20F3N3O4. The van der Waals surface area contributed by atoms with Crippen LogP contribution in [0.4, 0.5) is 18.9 Å². The van der Waals surface area contributed by atoms with E-state index >= 15 is 0 Å². The van der Waals surface area contributed by atoms with Gasteiger partial charge >= 0.3 is 0 Å². The number of aromatic amines is 1. The Hall–Kier alpha value is -3.89. The molecule has 3 aromatic carbocycles. The highest BCUT2D eigenvalue weighted by atomic mass is 19.3. The molecule has 0 saturated heterocycles. The number of fused-ring (bicyclic) bond motifs is 1. The van der Waals surface area contributed by atoms with Crippen molar-refractivity contribution in [2.24, 2.45) is 0 Å². The van der Waals surface area contributed by atoms with Gasteiger partial charge in [-0.3, -0.25) is 4.79 Å². The van der Waals surface area contributed by atoms with Crippen LogP contribution in [0.2, 0.25) is 0 Å². The SMILES string of the molecule is O=C(Nc1cccc(OC[C@H](O)CO)c1)c1cccc2[nH]c(-c3ccc(F)cc3C(F)F)nc12. The van der Waals surface area contributed by atoms with Crippen molar-refractivity contribution in [2.75, 3.05) is 18.5 Å². The number of alkyl halides is 2. The van der Waals surface area contributed by atoms with Gasteiger partial charge in [0.1, 0.15) is 35.6 Å². The summed E-state index contributed by atoms with van der Waals surface area (Å²) in [6, 6.07) is 14.3. The number of amides is 1. The van der Waals surface area contributed by atoms with Gasteiger partial charge in [-0.05, 0) is 42.5 Å². The van der Waals surface area contributed by atoms with E-state index in [9.17, 15) is 23.1 Å². The number of nitrogens with one attached hydrogen (secondary N) is 2. The highest BCUT2D eigenvalue weighted by Gasteiger charge is 2.20. The van der Waals surface area contributed by atoms with Crippen molar-refractivity contribution in [3.8, 4) is 17.1 Å². The Morgan fingerprint density at radius 2 is 1.91 bits per heavy atom. The summed E-state index contributed by atoms with van der Waals surface area (Å²) in [5.41, 5.74) is 0.845. The highest BCUT2D eigenvalue weighted by molar-refractivity contribution is 6.11. The number of anilines is 1. The van der Waals surface area contributed by atoms with Crippen molar-refractivity contribution in [3.63, 3.8) is 0 Å². The van der Waals surface area contributed by atoms with Crippen LogP contribution in [0.15, 0.2) is 60.7 Å². The first-order valence-corrected chi connectivity index (χ1v) is 10.3. The lowest BCUT2D eigenvalue weighted by atomic mass is 10.1. The van der Waals surface area contributed by atoms with E-state index in [1.807, 2.05) is 0 Å². The van der Waals surface area contributed by atoms with Crippen molar-refractivity contribution in [1.82, 2.24) is 9.97 Å². The fourth-order valence-electron chi connectivity index (χ4n) is 3.38. The molecule has 34 heavy (non-hydrogen) atoms. The number of para-hydroxylation sites is 1. The molecule has 0 aliphatic heterocycles. The topological polar surface area (TPSA) is 107 Å². The maximum atomic E-state index is 13.5. The van der Waals surface area contributed by atoms with Gasteiger partial charge < -0.3 is 25.3 Å². The monoisotopic (exact) mass is 471 g/mol. The smallest absolute Gasteiger partial charge is 0.264 e. The first-order valence-electron chi connectivity index (χ1n) is 10.3. The first kappa shape index (κ1) is 23.3. The molecule has 1 atom stereocenters. The Kier molecular flexibility index (Phi) is 6.80. The zero-order valence-corrected chi connectivity index (χ0v) is 17.6. The molecule has 1 aromatic heterocycles. The number of aromatic nitrogens is 2. The molecule has 0 spiro atoms. The van der Waals surface area contributed by atoms with E-state index in [-0.39, 0.29) is 29.1 Å². The number of carbonyl (C=O) groups is 1. The van der Waals surface area contributed by atoms with Gasteiger partial charge in [-0.25, -0.2) is 18.2 Å². The Labute approximate surface area is 191 Å². The molecule has 0 saturated carbocycles. The number of hydrogen-bond acceptors (Lipinski definition) is 5. The summed E-state index contributed by atoms with van der Waals surface area (Å²) in [5, 5.41) is 21.0. The van der Waals surface area contributed by atoms with Crippen molar-refractivity contribution in [2.45, 2.75) is 12.5 Å². The number of H-pyrrole nitrogens is 1. The standard InChI is InChI=1S/C24H20F3N3O4/c25-13-7-8-17(19(9-13)22(26)27)23-29-20-6-2-5-18(21(20)30-23)24(33)28-14-3-1-4-16(10-14)34-12-15(32)11-31/h1-10,15,22,31-32H,11-12H2,(H,28,33)(H,29,30)/t15-/m1/s1. The molecule has 4 aromatic rings. The normalized spacial score (nSPS) is 12.2. The molecule has 0 aliphatic carbocycles. The minimum absolute atomic E-state index is 0.0360. The second kappa shape index (κ2) is 9.94. The van der Waals surface area contributed by atoms with E-state index in [1.165, 1.54) is 6.07 Å². The third-order valence-electron chi connectivity index (χ3n) is 5.01. The lowest BCUT2D eigenvalue weighted by Gasteiger charge is -2.11. The van der Waals surface area contributed by atoms with Gasteiger partial charge in [0.25, 0.3) is 12.3 Å². The molecule has 0 unspecified atom stereocenters. The van der Waals surface area contributed by atoms with Gasteiger partial charge in [0.15, 0.2) is 0 Å². The molecule has 176 valence electrons. The van der Waals surface area contributed by atoms with Gasteiger partial charge in [0.2, 0.25) is 0 Å². The number of benzene rings is 3. The maximum absolute atomic E-state index is 13.5. The van der Waals surface area contributed by atoms with Crippen LogP contribution in [0.3, 0.4) is 0 Å². The summed E-state index contributed by atoms with van der Waals surface area (Å²) in [7, 11) is 0. The van der Waals surface area contributed by atoms with Gasteiger partial charge in [-0.2, -0.15) is 0 Å². The van der Waals surface area contributed by atoms with E-state index in [0.29, 0.717) is 17.0 Å². The fraction of sp³-hybridized carbons (Fsp3) is 0.167. The number of nitrogens with zero attached hydrogens (tertiary/aromatic N) is 1. The van der Waals surface area contributed by atoms with Gasteiger partial charge in [-0.15, -0.1) is 0 Å². The number of hydrogen-bond donors (Lipinski definition) is 4. The van der Waals surface area contributed by atoms with Gasteiger partial charge in [0.05, 0.1) is 17.7 Å². The van der Waals surface area contributed by atoms with Crippen molar-refractivity contribution in [3.05, 3.63) is 77.6 Å². The number of imidazole rings is 1. The van der Waals surface area contributed by atoms with Crippen LogP contribution in [0.5, 0.6) is 5.75 Å². The lowest BCUT2D eigenvalue weighted by molar-refractivity contribution is 0.0536. The molecular weight excluding hydrogens is 451 g/mol. The molecule has 7 nitrogen and oxygen atoms in total. The maximum Gasteiger partial charge on any atom is 0.264 e. The predicted octanol–water partition coefficient (Wildman–Crippen LogP) is 4.29. The van der Waals surface area contributed by atoms with E-state index in [2.05, 4.69) is 15.3 Å². The third-order valence-corrected chi connectivity index (χ3v) is 5.01. The molecule has 1 heterocycles. The Balaban J connectivity index is 1.61. The Morgan fingerprint density at radius 1 is 1.12 bits per heavy atom. The Morgan fingerprint density at radius 3 is 2.68 bits per heavy atom. The fourth-order valence-corrected chi connectivity index (χ4v) is 3.38. The summed E-state index contributed by atoms with van der Waals surface area (Å²) in [5.74, 6) is -0.818. The summed E-state index contributed by atoms with van der Waals surface area (Å²) < 4.78 is 45.8. The average molecular weight is 471 g/mol. The molecule has 4 rings (SSSR count). The molecule has 0 radical (unpaired) electrons. The van der Waals surface area contributed by atoms with Crippen LogP contribution in [-0.4, -0.2) is 45.4 Å². The number of ether oxygens (including phenoxy) is 1. The molecule has 0 aliphatic rings. The number of halogens is 3. The van der Waals surface area contributed by atoms with E-state index < -0.39 is 36.4 Å². The summed E-state index contributed by atoms with van der Waals surface area (Å²) >= 11 is 0. The van der Waals surface area contributed by atoms with Crippen molar-refractivity contribution in [1.29, 1.82) is 0 Å². The largest absolute Gasteiger partial charge is 0.491 e. The van der Waals surface area contributed by atoms with Crippen LogP contribution in [0.1, 0.15) is 22.3 Å². The summed E-state index contributed by atoms with van der Waals surface area (Å²) in [6.07, 6.45) is -3.94. The number of rotatable bonds is 8. The van der Waals surface area contributed by atoms with Crippen LogP contribution in [0, 0.1) is 5.82 Å². The highest BCUT2D eigenvalue weighted by Crippen LogP contribution is 2.32. The van der Waals surface area contributed by atoms with Crippen molar-refractivity contribution < 1.29 is 32.9 Å². The molecule has 4 N–H and O–H groups in total. The van der Waals surface area contributed by atoms with Crippen LogP contribution >= 0.6 is 0 Å². The zero-order chi connectivity index (χ0) is 24.2. The number of aliphatic hydroxyl groups is 2. The lowest BCUT2D eigenvalue weighted by Crippen LogP contribution is -2.21. The van der Waals surface area contributed by atoms with Crippen LogP contribution in [0.25, 0.3) is 22.4 Å². The van der Waals surface area contributed by atoms with Crippen LogP contribution in [-0.2, 0) is 0 Å². The molecule has 10 heteroatoms. The van der Waals surface area contributed by atoms with Crippen LogP contribution < -0.4 is 10.1 Å². The minimum Gasteiger partial charge on any atom is -0.491 e. The van der Waals surface area contributed by atoms with E-state index in [4.69, 9.17) is 9.84 Å². The van der Waals surface area contributed by atoms with Crippen molar-refractivity contribution >= 4 is 22.6 Å². The predicted molar refractivity (Wildman–Crippen MR) is 119 cm³/mol.